The summed E-state index contributed by atoms with van der Waals surface area (Å²) >= 11 is 0. The molecule has 0 saturated heterocycles. The minimum absolute atomic E-state index is 0.00641. The molecule has 0 heterocycles. The van der Waals surface area contributed by atoms with Gasteiger partial charge in [0.25, 0.3) is 0 Å². The lowest BCUT2D eigenvalue weighted by Crippen LogP contribution is -2.44. The average Bonchev–Trinajstić information content (AvgIpc) is 2.41. The molecule has 0 aliphatic rings. The van der Waals surface area contributed by atoms with E-state index in [-0.39, 0.29) is 30.3 Å². The molecule has 0 fully saturated rings. The number of amides is 2. The molecule has 2 amide bonds. The van der Waals surface area contributed by atoms with Gasteiger partial charge in [-0.3, -0.25) is 9.59 Å². The van der Waals surface area contributed by atoms with Crippen molar-refractivity contribution in [2.45, 2.75) is 39.2 Å². The Hall–Kier alpha value is -1.14. The van der Waals surface area contributed by atoms with Crippen molar-refractivity contribution in [2.75, 3.05) is 40.9 Å². The zero-order valence-corrected chi connectivity index (χ0v) is 14.1. The average molecular weight is 301 g/mol. The van der Waals surface area contributed by atoms with E-state index in [2.05, 4.69) is 0 Å². The van der Waals surface area contributed by atoms with Gasteiger partial charge in [-0.25, -0.2) is 0 Å². The van der Waals surface area contributed by atoms with E-state index >= 15 is 0 Å². The first-order chi connectivity index (χ1) is 9.79. The molecule has 124 valence electrons. The van der Waals surface area contributed by atoms with Gasteiger partial charge in [0, 0.05) is 39.7 Å². The quantitative estimate of drug-likeness (QED) is 0.644. The second-order valence-corrected chi connectivity index (χ2v) is 5.85. The Balaban J connectivity index is 4.50. The SMILES string of the molecule is COCCN(CC(=O)N(C)C)C(=O)C(C)CCCC(C)N. The smallest absolute Gasteiger partial charge is 0.241 e. The molecular weight excluding hydrogens is 270 g/mol. The lowest BCUT2D eigenvalue weighted by atomic mass is 10.0. The van der Waals surface area contributed by atoms with Crippen LogP contribution in [-0.2, 0) is 14.3 Å². The number of nitrogens with two attached hydrogens (primary N) is 1. The Kier molecular flexibility index (Phi) is 9.99. The molecule has 0 rings (SSSR count). The minimum Gasteiger partial charge on any atom is -0.383 e. The van der Waals surface area contributed by atoms with E-state index in [4.69, 9.17) is 10.5 Å². The third-order valence-corrected chi connectivity index (χ3v) is 3.42. The second kappa shape index (κ2) is 10.6. The van der Waals surface area contributed by atoms with Crippen LogP contribution in [0.4, 0.5) is 0 Å². The number of methoxy groups -OCH3 is 1. The Morgan fingerprint density at radius 1 is 1.19 bits per heavy atom. The standard InChI is InChI=1S/C15H31N3O3/c1-12(7-6-8-13(2)16)15(20)18(9-10-21-5)11-14(19)17(3)4/h12-13H,6-11,16H2,1-5H3. The molecule has 0 spiro atoms. The van der Waals surface area contributed by atoms with E-state index in [9.17, 15) is 9.59 Å². The fourth-order valence-electron chi connectivity index (χ4n) is 1.95. The summed E-state index contributed by atoms with van der Waals surface area (Å²) < 4.78 is 5.02. The van der Waals surface area contributed by atoms with Crippen molar-refractivity contribution < 1.29 is 14.3 Å². The van der Waals surface area contributed by atoms with E-state index in [0.29, 0.717) is 13.2 Å². The van der Waals surface area contributed by atoms with Crippen LogP contribution in [0.2, 0.25) is 0 Å². The summed E-state index contributed by atoms with van der Waals surface area (Å²) in [5, 5.41) is 0. The van der Waals surface area contributed by atoms with E-state index in [1.807, 2.05) is 13.8 Å². The number of rotatable bonds is 10. The van der Waals surface area contributed by atoms with Crippen molar-refractivity contribution >= 4 is 11.8 Å². The van der Waals surface area contributed by atoms with E-state index in [1.54, 1.807) is 26.1 Å². The summed E-state index contributed by atoms with van der Waals surface area (Å²) in [4.78, 5) is 27.4. The van der Waals surface area contributed by atoms with Gasteiger partial charge in [-0.2, -0.15) is 0 Å². The highest BCUT2D eigenvalue weighted by Crippen LogP contribution is 2.12. The van der Waals surface area contributed by atoms with Gasteiger partial charge in [0.15, 0.2) is 0 Å². The molecule has 6 nitrogen and oxygen atoms in total. The van der Waals surface area contributed by atoms with Crippen LogP contribution in [0.1, 0.15) is 33.1 Å². The number of carbonyl (C=O) groups is 2. The van der Waals surface area contributed by atoms with Crippen LogP contribution in [0.15, 0.2) is 0 Å². The molecule has 6 heteroatoms. The molecule has 0 aromatic carbocycles. The molecule has 0 bridgehead atoms. The molecule has 0 aliphatic heterocycles. The topological polar surface area (TPSA) is 75.9 Å². The Morgan fingerprint density at radius 3 is 2.29 bits per heavy atom. The highest BCUT2D eigenvalue weighted by molar-refractivity contribution is 5.85. The first-order valence-electron chi connectivity index (χ1n) is 7.53. The number of carbonyl (C=O) groups excluding carboxylic acids is 2. The Bertz CT molecular complexity index is 319. The van der Waals surface area contributed by atoms with Crippen LogP contribution < -0.4 is 5.73 Å². The van der Waals surface area contributed by atoms with Crippen molar-refractivity contribution in [1.29, 1.82) is 0 Å². The molecule has 0 aromatic rings. The zero-order chi connectivity index (χ0) is 16.4. The van der Waals surface area contributed by atoms with Gasteiger partial charge in [0.05, 0.1) is 13.2 Å². The van der Waals surface area contributed by atoms with Gasteiger partial charge >= 0.3 is 0 Å². The van der Waals surface area contributed by atoms with Crippen molar-refractivity contribution in [2.24, 2.45) is 11.7 Å². The molecule has 0 aromatic heterocycles. The van der Waals surface area contributed by atoms with Crippen LogP contribution in [0.5, 0.6) is 0 Å². The van der Waals surface area contributed by atoms with Gasteiger partial charge in [0.2, 0.25) is 11.8 Å². The molecule has 0 saturated carbocycles. The van der Waals surface area contributed by atoms with Gasteiger partial charge in [-0.1, -0.05) is 13.3 Å². The first-order valence-corrected chi connectivity index (χ1v) is 7.53. The van der Waals surface area contributed by atoms with Crippen LogP contribution in [0.3, 0.4) is 0 Å². The predicted octanol–water partition coefficient (Wildman–Crippen LogP) is 0.703. The molecule has 2 N–H and O–H groups in total. The second-order valence-electron chi connectivity index (χ2n) is 5.85. The third kappa shape index (κ3) is 8.67. The summed E-state index contributed by atoms with van der Waals surface area (Å²) in [6.45, 7) is 4.84. The van der Waals surface area contributed by atoms with E-state index in [0.717, 1.165) is 19.3 Å². The zero-order valence-electron chi connectivity index (χ0n) is 14.1. The van der Waals surface area contributed by atoms with Gasteiger partial charge < -0.3 is 20.3 Å². The fraction of sp³-hybridized carbons (Fsp3) is 0.867. The summed E-state index contributed by atoms with van der Waals surface area (Å²) in [7, 11) is 4.96. The summed E-state index contributed by atoms with van der Waals surface area (Å²) in [6, 6.07) is 0.159. The Labute approximate surface area is 128 Å². The van der Waals surface area contributed by atoms with Crippen LogP contribution in [0.25, 0.3) is 0 Å². The normalized spacial score (nSPS) is 13.6. The van der Waals surface area contributed by atoms with Gasteiger partial charge in [0.1, 0.15) is 0 Å². The summed E-state index contributed by atoms with van der Waals surface area (Å²) in [6.07, 6.45) is 2.62. The van der Waals surface area contributed by atoms with E-state index in [1.165, 1.54) is 4.90 Å². The predicted molar refractivity (Wildman–Crippen MR) is 83.8 cm³/mol. The number of nitrogens with zero attached hydrogens (tertiary/aromatic N) is 2. The lowest BCUT2D eigenvalue weighted by molar-refractivity contribution is -0.142. The number of hydrogen-bond donors (Lipinski definition) is 1. The highest BCUT2D eigenvalue weighted by atomic mass is 16.5. The van der Waals surface area contributed by atoms with Gasteiger partial charge in [-0.15, -0.1) is 0 Å². The highest BCUT2D eigenvalue weighted by Gasteiger charge is 2.22. The number of likely N-dealkylation sites (N-methyl/N-ethyl adjacent to an activating group) is 1. The molecule has 0 radical (unpaired) electrons. The summed E-state index contributed by atoms with van der Waals surface area (Å²) in [5.41, 5.74) is 5.72. The van der Waals surface area contributed by atoms with Gasteiger partial charge in [-0.05, 0) is 19.8 Å². The largest absolute Gasteiger partial charge is 0.383 e. The molecule has 2 atom stereocenters. The van der Waals surface area contributed by atoms with Crippen molar-refractivity contribution in [3.8, 4) is 0 Å². The maximum atomic E-state index is 12.5. The van der Waals surface area contributed by atoms with Crippen molar-refractivity contribution in [3.05, 3.63) is 0 Å². The van der Waals surface area contributed by atoms with Crippen LogP contribution in [0, 0.1) is 5.92 Å². The molecular formula is C15H31N3O3. The van der Waals surface area contributed by atoms with Crippen molar-refractivity contribution in [3.63, 3.8) is 0 Å². The minimum atomic E-state index is -0.101. The lowest BCUT2D eigenvalue weighted by Gasteiger charge is -2.26. The summed E-state index contributed by atoms with van der Waals surface area (Å²) in [5.74, 6) is -0.176. The Morgan fingerprint density at radius 2 is 1.81 bits per heavy atom. The van der Waals surface area contributed by atoms with Crippen LogP contribution >= 0.6 is 0 Å². The number of ether oxygens (including phenoxy) is 1. The maximum absolute atomic E-state index is 12.5. The molecule has 2 unspecified atom stereocenters. The first kappa shape index (κ1) is 19.9. The molecule has 21 heavy (non-hydrogen) atoms. The van der Waals surface area contributed by atoms with E-state index < -0.39 is 0 Å². The number of hydrogen-bond acceptors (Lipinski definition) is 4. The monoisotopic (exact) mass is 301 g/mol. The molecule has 0 aliphatic carbocycles. The van der Waals surface area contributed by atoms with Crippen molar-refractivity contribution in [1.82, 2.24) is 9.80 Å². The van der Waals surface area contributed by atoms with Crippen LogP contribution in [-0.4, -0.2) is 68.6 Å². The maximum Gasteiger partial charge on any atom is 0.241 e. The fourth-order valence-corrected chi connectivity index (χ4v) is 1.95. The third-order valence-electron chi connectivity index (χ3n) is 3.42.